The molecule has 1 aliphatic rings. The number of sulfone groups is 1. The van der Waals surface area contributed by atoms with E-state index in [9.17, 15) is 13.2 Å². The average Bonchev–Trinajstić information content (AvgIpc) is 3.13. The Balaban J connectivity index is 1.58. The van der Waals surface area contributed by atoms with Crippen LogP contribution in [0.3, 0.4) is 0 Å². The predicted molar refractivity (Wildman–Crippen MR) is 95.3 cm³/mol. The quantitative estimate of drug-likeness (QED) is 0.823. The molecule has 6 heteroatoms. The standard InChI is InChI=1S/C19H21NO4S/c1-15-7-9-16(10-8-15)24-14-19(21)20-12-11-18(13-20)25(22,23)17-5-3-2-4-6-17/h2-10,18H,11-14H2,1H3. The topological polar surface area (TPSA) is 63.7 Å². The van der Waals surface area contributed by atoms with Crippen LogP contribution in [0.2, 0.25) is 0 Å². The Bertz CT molecular complexity index is 831. The molecule has 5 nitrogen and oxygen atoms in total. The van der Waals surface area contributed by atoms with Crippen LogP contribution in [0.15, 0.2) is 59.5 Å². The summed E-state index contributed by atoms with van der Waals surface area (Å²) in [6.07, 6.45) is 0.452. The van der Waals surface area contributed by atoms with Crippen LogP contribution in [0.4, 0.5) is 0 Å². The molecule has 0 saturated carbocycles. The van der Waals surface area contributed by atoms with Crippen molar-refractivity contribution in [2.24, 2.45) is 0 Å². The molecule has 1 aliphatic heterocycles. The smallest absolute Gasteiger partial charge is 0.260 e. The molecule has 3 rings (SSSR count). The van der Waals surface area contributed by atoms with E-state index in [0.29, 0.717) is 23.6 Å². The first kappa shape index (κ1) is 17.5. The van der Waals surface area contributed by atoms with Crippen molar-refractivity contribution < 1.29 is 17.9 Å². The predicted octanol–water partition coefficient (Wildman–Crippen LogP) is 2.45. The Morgan fingerprint density at radius 2 is 1.80 bits per heavy atom. The third-order valence-electron chi connectivity index (χ3n) is 4.39. The van der Waals surface area contributed by atoms with E-state index in [1.807, 2.05) is 31.2 Å². The molecule has 1 saturated heterocycles. The second-order valence-electron chi connectivity index (χ2n) is 6.21. The Kier molecular flexibility index (Phi) is 5.08. The molecular weight excluding hydrogens is 338 g/mol. The SMILES string of the molecule is Cc1ccc(OCC(=O)N2CCC(S(=O)(=O)c3ccccc3)C2)cc1. The van der Waals surface area contributed by atoms with Gasteiger partial charge in [0.2, 0.25) is 0 Å². The number of nitrogens with zero attached hydrogens (tertiary/aromatic N) is 1. The van der Waals surface area contributed by atoms with Crippen LogP contribution >= 0.6 is 0 Å². The van der Waals surface area contributed by atoms with Crippen molar-refractivity contribution in [2.45, 2.75) is 23.5 Å². The molecule has 1 fully saturated rings. The van der Waals surface area contributed by atoms with Gasteiger partial charge in [0.15, 0.2) is 16.4 Å². The highest BCUT2D eigenvalue weighted by Gasteiger charge is 2.36. The van der Waals surface area contributed by atoms with Crippen molar-refractivity contribution in [1.29, 1.82) is 0 Å². The number of carbonyl (C=O) groups excluding carboxylic acids is 1. The highest BCUT2D eigenvalue weighted by atomic mass is 32.2. The van der Waals surface area contributed by atoms with E-state index in [4.69, 9.17) is 4.74 Å². The van der Waals surface area contributed by atoms with Gasteiger partial charge >= 0.3 is 0 Å². The van der Waals surface area contributed by atoms with Gasteiger partial charge in [-0.25, -0.2) is 8.42 Å². The Morgan fingerprint density at radius 1 is 1.12 bits per heavy atom. The summed E-state index contributed by atoms with van der Waals surface area (Å²) in [4.78, 5) is 14.2. The Hall–Kier alpha value is -2.34. The fraction of sp³-hybridized carbons (Fsp3) is 0.316. The van der Waals surface area contributed by atoms with Crippen LogP contribution in [-0.4, -0.2) is 44.2 Å². The fourth-order valence-corrected chi connectivity index (χ4v) is 4.59. The number of ether oxygens (including phenoxy) is 1. The molecule has 0 spiro atoms. The zero-order valence-electron chi connectivity index (χ0n) is 14.1. The van der Waals surface area contributed by atoms with E-state index in [-0.39, 0.29) is 19.1 Å². The van der Waals surface area contributed by atoms with E-state index in [0.717, 1.165) is 5.56 Å². The summed E-state index contributed by atoms with van der Waals surface area (Å²) >= 11 is 0. The molecule has 2 aromatic rings. The minimum absolute atomic E-state index is 0.0822. The Morgan fingerprint density at radius 3 is 2.48 bits per heavy atom. The van der Waals surface area contributed by atoms with Crippen LogP contribution in [0.5, 0.6) is 5.75 Å². The van der Waals surface area contributed by atoms with Crippen molar-refractivity contribution in [3.8, 4) is 5.75 Å². The largest absolute Gasteiger partial charge is 0.484 e. The van der Waals surface area contributed by atoms with Gasteiger partial charge in [0, 0.05) is 13.1 Å². The third-order valence-corrected chi connectivity index (χ3v) is 6.58. The number of aryl methyl sites for hydroxylation is 1. The molecular formula is C19H21NO4S. The van der Waals surface area contributed by atoms with E-state index < -0.39 is 15.1 Å². The number of hydrogen-bond donors (Lipinski definition) is 0. The monoisotopic (exact) mass is 359 g/mol. The second kappa shape index (κ2) is 7.27. The molecule has 25 heavy (non-hydrogen) atoms. The van der Waals surface area contributed by atoms with Crippen LogP contribution < -0.4 is 4.74 Å². The summed E-state index contributed by atoms with van der Waals surface area (Å²) in [5, 5.41) is -0.557. The lowest BCUT2D eigenvalue weighted by Gasteiger charge is -2.17. The van der Waals surface area contributed by atoms with Crippen LogP contribution in [0.25, 0.3) is 0 Å². The van der Waals surface area contributed by atoms with Gasteiger partial charge in [0.05, 0.1) is 10.1 Å². The molecule has 1 unspecified atom stereocenters. The molecule has 1 atom stereocenters. The van der Waals surface area contributed by atoms with E-state index in [1.165, 1.54) is 0 Å². The summed E-state index contributed by atoms with van der Waals surface area (Å²) in [7, 11) is -3.41. The molecule has 1 heterocycles. The molecule has 0 N–H and O–H groups in total. The fourth-order valence-electron chi connectivity index (χ4n) is 2.88. The maximum Gasteiger partial charge on any atom is 0.260 e. The van der Waals surface area contributed by atoms with Crippen LogP contribution in [0, 0.1) is 6.92 Å². The number of rotatable bonds is 5. The lowest BCUT2D eigenvalue weighted by atomic mass is 10.2. The summed E-state index contributed by atoms with van der Waals surface area (Å²) in [6.45, 7) is 2.55. The summed E-state index contributed by atoms with van der Waals surface area (Å²) in [6, 6.07) is 15.9. The van der Waals surface area contributed by atoms with Gasteiger partial charge in [-0.15, -0.1) is 0 Å². The summed E-state index contributed by atoms with van der Waals surface area (Å²) in [5.41, 5.74) is 1.12. The van der Waals surface area contributed by atoms with Crippen LogP contribution in [0.1, 0.15) is 12.0 Å². The summed E-state index contributed by atoms with van der Waals surface area (Å²) in [5.74, 6) is 0.443. The molecule has 0 bridgehead atoms. The lowest BCUT2D eigenvalue weighted by molar-refractivity contribution is -0.132. The minimum atomic E-state index is -3.41. The maximum atomic E-state index is 12.6. The van der Waals surface area contributed by atoms with Gasteiger partial charge < -0.3 is 9.64 Å². The minimum Gasteiger partial charge on any atom is -0.484 e. The normalized spacial score (nSPS) is 17.5. The lowest BCUT2D eigenvalue weighted by Crippen LogP contribution is -2.35. The molecule has 0 aromatic heterocycles. The zero-order valence-corrected chi connectivity index (χ0v) is 14.9. The summed E-state index contributed by atoms with van der Waals surface area (Å²) < 4.78 is 30.8. The van der Waals surface area contributed by atoms with Crippen molar-refractivity contribution in [3.63, 3.8) is 0 Å². The Labute approximate surface area is 148 Å². The van der Waals surface area contributed by atoms with Gasteiger partial charge in [-0.05, 0) is 37.6 Å². The number of amides is 1. The molecule has 132 valence electrons. The van der Waals surface area contributed by atoms with Gasteiger partial charge in [-0.1, -0.05) is 35.9 Å². The highest BCUT2D eigenvalue weighted by molar-refractivity contribution is 7.92. The van der Waals surface area contributed by atoms with Gasteiger partial charge in [-0.2, -0.15) is 0 Å². The number of carbonyl (C=O) groups is 1. The van der Waals surface area contributed by atoms with Gasteiger partial charge in [-0.3, -0.25) is 4.79 Å². The van der Waals surface area contributed by atoms with E-state index in [2.05, 4.69) is 0 Å². The number of likely N-dealkylation sites (tertiary alicyclic amines) is 1. The average molecular weight is 359 g/mol. The number of hydrogen-bond acceptors (Lipinski definition) is 4. The molecule has 0 aliphatic carbocycles. The van der Waals surface area contributed by atoms with Crippen molar-refractivity contribution in [1.82, 2.24) is 4.90 Å². The second-order valence-corrected chi connectivity index (χ2v) is 8.44. The number of benzene rings is 2. The van der Waals surface area contributed by atoms with Crippen molar-refractivity contribution >= 4 is 15.7 Å². The van der Waals surface area contributed by atoms with E-state index >= 15 is 0 Å². The van der Waals surface area contributed by atoms with Crippen molar-refractivity contribution in [2.75, 3.05) is 19.7 Å². The first-order chi connectivity index (χ1) is 12.0. The van der Waals surface area contributed by atoms with E-state index in [1.54, 1.807) is 35.2 Å². The van der Waals surface area contributed by atoms with Gasteiger partial charge in [0.25, 0.3) is 5.91 Å². The highest BCUT2D eigenvalue weighted by Crippen LogP contribution is 2.24. The molecule has 2 aromatic carbocycles. The maximum absolute atomic E-state index is 12.6. The first-order valence-electron chi connectivity index (χ1n) is 8.23. The first-order valence-corrected chi connectivity index (χ1v) is 9.77. The zero-order chi connectivity index (χ0) is 17.9. The molecule has 1 amide bonds. The van der Waals surface area contributed by atoms with Crippen molar-refractivity contribution in [3.05, 3.63) is 60.2 Å². The van der Waals surface area contributed by atoms with Gasteiger partial charge in [0.1, 0.15) is 5.75 Å². The van der Waals surface area contributed by atoms with Crippen LogP contribution in [-0.2, 0) is 14.6 Å². The molecule has 0 radical (unpaired) electrons. The third kappa shape index (κ3) is 4.02.